The Labute approximate surface area is 131 Å². The number of halogens is 2. The van der Waals surface area contributed by atoms with Crippen LogP contribution in [0.5, 0.6) is 0 Å². The van der Waals surface area contributed by atoms with E-state index >= 15 is 0 Å². The molecule has 0 spiro atoms. The van der Waals surface area contributed by atoms with E-state index in [1.807, 2.05) is 6.07 Å². The zero-order valence-electron chi connectivity index (χ0n) is 11.5. The number of hydrogen-bond acceptors (Lipinski definition) is 4. The first-order valence-corrected chi connectivity index (χ1v) is 7.73. The van der Waals surface area contributed by atoms with Gasteiger partial charge in [0, 0.05) is 35.4 Å². The molecule has 0 bridgehead atoms. The van der Waals surface area contributed by atoms with E-state index in [4.69, 9.17) is 5.73 Å². The third-order valence-electron chi connectivity index (χ3n) is 3.76. The van der Waals surface area contributed by atoms with E-state index in [0.29, 0.717) is 23.0 Å². The Hall–Kier alpha value is -1.53. The number of nitrogens with two attached hydrogens (primary N) is 1. The van der Waals surface area contributed by atoms with Crippen LogP contribution in [-0.4, -0.2) is 29.1 Å². The van der Waals surface area contributed by atoms with Gasteiger partial charge in [0.15, 0.2) is 0 Å². The maximum atomic E-state index is 13.2. The van der Waals surface area contributed by atoms with Gasteiger partial charge in [-0.1, -0.05) is 0 Å². The van der Waals surface area contributed by atoms with Crippen molar-refractivity contribution in [1.82, 2.24) is 9.97 Å². The van der Waals surface area contributed by atoms with Crippen molar-refractivity contribution in [2.75, 3.05) is 18.0 Å². The van der Waals surface area contributed by atoms with Crippen molar-refractivity contribution >= 4 is 21.9 Å². The molecule has 2 aromatic rings. The van der Waals surface area contributed by atoms with Crippen molar-refractivity contribution in [3.05, 3.63) is 40.8 Å². The van der Waals surface area contributed by atoms with Gasteiger partial charge in [-0.15, -0.1) is 0 Å². The first-order valence-electron chi connectivity index (χ1n) is 6.94. The summed E-state index contributed by atoms with van der Waals surface area (Å²) in [6.45, 7) is 1.53. The Bertz CT molecular complexity index is 649. The van der Waals surface area contributed by atoms with Crippen molar-refractivity contribution in [2.24, 2.45) is 5.73 Å². The molecule has 1 fully saturated rings. The molecule has 2 N–H and O–H groups in total. The third kappa shape index (κ3) is 2.91. The summed E-state index contributed by atoms with van der Waals surface area (Å²) in [6, 6.07) is 6.72. The van der Waals surface area contributed by atoms with Crippen LogP contribution >= 0.6 is 15.9 Å². The highest BCUT2D eigenvalue weighted by Crippen LogP contribution is 2.29. The summed E-state index contributed by atoms with van der Waals surface area (Å²) in [4.78, 5) is 11.1. The first-order chi connectivity index (χ1) is 10.2. The van der Waals surface area contributed by atoms with E-state index in [1.54, 1.807) is 12.3 Å². The lowest BCUT2D eigenvalue weighted by Gasteiger charge is -2.23. The van der Waals surface area contributed by atoms with Crippen LogP contribution < -0.4 is 10.6 Å². The number of nitrogens with zero attached hydrogens (tertiary/aromatic N) is 3. The fraction of sp³-hybridized carbons (Fsp3) is 0.333. The molecule has 0 radical (unpaired) electrons. The normalized spacial score (nSPS) is 18.2. The monoisotopic (exact) mass is 350 g/mol. The highest BCUT2D eigenvalue weighted by Gasteiger charge is 2.25. The van der Waals surface area contributed by atoms with Crippen LogP contribution in [0.15, 0.2) is 34.9 Å². The van der Waals surface area contributed by atoms with Crippen LogP contribution in [0, 0.1) is 5.82 Å². The quantitative estimate of drug-likeness (QED) is 0.924. The number of aromatic nitrogens is 2. The summed E-state index contributed by atoms with van der Waals surface area (Å²) in [7, 11) is 0. The van der Waals surface area contributed by atoms with Gasteiger partial charge in [0.2, 0.25) is 5.95 Å². The molecule has 1 aromatic carbocycles. The minimum absolute atomic E-state index is 0.275. The van der Waals surface area contributed by atoms with E-state index in [9.17, 15) is 4.39 Å². The van der Waals surface area contributed by atoms with Gasteiger partial charge in [0.1, 0.15) is 5.82 Å². The lowest BCUT2D eigenvalue weighted by Crippen LogP contribution is -2.36. The Kier molecular flexibility index (Phi) is 4.17. The zero-order valence-corrected chi connectivity index (χ0v) is 13.1. The molecule has 110 valence electrons. The molecular formula is C15H16BrFN4. The zero-order chi connectivity index (χ0) is 14.8. The number of benzene rings is 1. The van der Waals surface area contributed by atoms with Crippen LogP contribution in [0.2, 0.25) is 0 Å². The first kappa shape index (κ1) is 14.4. The largest absolute Gasteiger partial charge is 0.337 e. The molecule has 0 saturated carbocycles. The molecule has 3 rings (SSSR count). The van der Waals surface area contributed by atoms with Crippen LogP contribution in [0.3, 0.4) is 0 Å². The SMILES string of the molecule is NCC1CCCN1c1nccc(-c2ccc(F)cc2Br)n1. The fourth-order valence-corrected chi connectivity index (χ4v) is 3.23. The number of hydrogen-bond donors (Lipinski definition) is 1. The summed E-state index contributed by atoms with van der Waals surface area (Å²) in [5, 5.41) is 0. The Balaban J connectivity index is 1.96. The van der Waals surface area contributed by atoms with Gasteiger partial charge >= 0.3 is 0 Å². The molecule has 6 heteroatoms. The molecule has 4 nitrogen and oxygen atoms in total. The van der Waals surface area contributed by atoms with Gasteiger partial charge in [0.25, 0.3) is 0 Å². The van der Waals surface area contributed by atoms with Crippen LogP contribution in [0.25, 0.3) is 11.3 Å². The van der Waals surface area contributed by atoms with Crippen molar-refractivity contribution in [3.8, 4) is 11.3 Å². The second-order valence-electron chi connectivity index (χ2n) is 5.09. The van der Waals surface area contributed by atoms with Crippen molar-refractivity contribution < 1.29 is 4.39 Å². The van der Waals surface area contributed by atoms with E-state index in [1.165, 1.54) is 12.1 Å². The molecule has 1 atom stereocenters. The lowest BCUT2D eigenvalue weighted by molar-refractivity contribution is 0.627. The summed E-state index contributed by atoms with van der Waals surface area (Å²) in [5.74, 6) is 0.416. The predicted octanol–water partition coefficient (Wildman–Crippen LogP) is 2.97. The van der Waals surface area contributed by atoms with Gasteiger partial charge in [-0.2, -0.15) is 0 Å². The molecule has 0 aliphatic carbocycles. The Morgan fingerprint density at radius 3 is 3.00 bits per heavy atom. The summed E-state index contributed by atoms with van der Waals surface area (Å²) in [5.41, 5.74) is 7.43. The smallest absolute Gasteiger partial charge is 0.226 e. The second kappa shape index (κ2) is 6.07. The average Bonchev–Trinajstić information content (AvgIpc) is 2.96. The van der Waals surface area contributed by atoms with Crippen molar-refractivity contribution in [1.29, 1.82) is 0 Å². The number of anilines is 1. The highest BCUT2D eigenvalue weighted by atomic mass is 79.9. The van der Waals surface area contributed by atoms with Crippen LogP contribution in [0.4, 0.5) is 10.3 Å². The van der Waals surface area contributed by atoms with Crippen LogP contribution in [-0.2, 0) is 0 Å². The predicted molar refractivity (Wildman–Crippen MR) is 84.5 cm³/mol. The minimum atomic E-state index is -0.275. The fourth-order valence-electron chi connectivity index (χ4n) is 2.68. The lowest BCUT2D eigenvalue weighted by atomic mass is 10.1. The summed E-state index contributed by atoms with van der Waals surface area (Å²) < 4.78 is 13.9. The Morgan fingerprint density at radius 2 is 2.24 bits per heavy atom. The topological polar surface area (TPSA) is 55.0 Å². The average molecular weight is 351 g/mol. The molecule has 1 aromatic heterocycles. The molecular weight excluding hydrogens is 335 g/mol. The third-order valence-corrected chi connectivity index (χ3v) is 4.41. The molecule has 1 saturated heterocycles. The molecule has 21 heavy (non-hydrogen) atoms. The molecule has 2 heterocycles. The van der Waals surface area contributed by atoms with E-state index in [2.05, 4.69) is 30.8 Å². The maximum Gasteiger partial charge on any atom is 0.226 e. The van der Waals surface area contributed by atoms with Gasteiger partial charge in [-0.3, -0.25) is 0 Å². The minimum Gasteiger partial charge on any atom is -0.337 e. The van der Waals surface area contributed by atoms with E-state index in [0.717, 1.165) is 30.6 Å². The van der Waals surface area contributed by atoms with Crippen molar-refractivity contribution in [3.63, 3.8) is 0 Å². The summed E-state index contributed by atoms with van der Waals surface area (Å²) >= 11 is 3.38. The second-order valence-corrected chi connectivity index (χ2v) is 5.95. The number of rotatable bonds is 3. The van der Waals surface area contributed by atoms with Crippen molar-refractivity contribution in [2.45, 2.75) is 18.9 Å². The van der Waals surface area contributed by atoms with Gasteiger partial charge in [-0.05, 0) is 53.0 Å². The molecule has 0 amide bonds. The molecule has 1 aliphatic rings. The standard InChI is InChI=1S/C15H16BrFN4/c16-13-8-10(17)3-4-12(13)14-5-6-19-15(20-14)21-7-1-2-11(21)9-18/h3-6,8,11H,1-2,7,9,18H2. The highest BCUT2D eigenvalue weighted by molar-refractivity contribution is 9.10. The molecule has 1 aliphatic heterocycles. The van der Waals surface area contributed by atoms with E-state index < -0.39 is 0 Å². The maximum absolute atomic E-state index is 13.2. The van der Waals surface area contributed by atoms with Gasteiger partial charge in [0.05, 0.1) is 5.69 Å². The summed E-state index contributed by atoms with van der Waals surface area (Å²) in [6.07, 6.45) is 3.92. The van der Waals surface area contributed by atoms with E-state index in [-0.39, 0.29) is 5.82 Å². The van der Waals surface area contributed by atoms with Crippen LogP contribution in [0.1, 0.15) is 12.8 Å². The Morgan fingerprint density at radius 1 is 1.38 bits per heavy atom. The molecule has 1 unspecified atom stereocenters. The van der Waals surface area contributed by atoms with Gasteiger partial charge < -0.3 is 10.6 Å². The van der Waals surface area contributed by atoms with Gasteiger partial charge in [-0.25, -0.2) is 14.4 Å².